The molecule has 0 aliphatic heterocycles. The van der Waals surface area contributed by atoms with Crippen molar-refractivity contribution < 1.29 is 30.7 Å². The van der Waals surface area contributed by atoms with Crippen molar-refractivity contribution in [2.45, 2.75) is 42.1 Å². The molecule has 2 N–H and O–H groups in total. The fourth-order valence-corrected chi connectivity index (χ4v) is 4.65. The van der Waals surface area contributed by atoms with E-state index in [1.807, 2.05) is 4.72 Å². The summed E-state index contributed by atoms with van der Waals surface area (Å²) in [6.45, 7) is 0. The maximum absolute atomic E-state index is 14.7. The highest BCUT2D eigenvalue weighted by molar-refractivity contribution is 7.92. The third kappa shape index (κ3) is 4.66. The van der Waals surface area contributed by atoms with Gasteiger partial charge in [-0.3, -0.25) is 9.82 Å². The number of hydrogen-bond donors (Lipinski definition) is 2. The van der Waals surface area contributed by atoms with E-state index >= 15 is 0 Å². The van der Waals surface area contributed by atoms with Crippen LogP contribution in [-0.4, -0.2) is 40.6 Å². The standard InChI is InChI=1S/C19H17F4N5O3S/c20-13-6-17(32(29,30)28-18-2-4-24-10-25-18)14(21)5-15(13)31-16-7-19(22,23)3-1-12(16)11-8-26-27-9-11/h2,4-6,8-10,12,16H,1,3,7H2,(H,26,27)(H,24,25,28). The molecule has 1 saturated carbocycles. The van der Waals surface area contributed by atoms with E-state index in [0.29, 0.717) is 17.7 Å². The number of anilines is 1. The third-order valence-electron chi connectivity index (χ3n) is 5.09. The monoisotopic (exact) mass is 471 g/mol. The number of aromatic nitrogens is 4. The van der Waals surface area contributed by atoms with Gasteiger partial charge in [0.15, 0.2) is 11.6 Å². The molecule has 2 heterocycles. The lowest BCUT2D eigenvalue weighted by molar-refractivity contribution is -0.0779. The highest BCUT2D eigenvalue weighted by Gasteiger charge is 2.44. The Bertz CT molecular complexity index is 1190. The number of sulfonamides is 1. The summed E-state index contributed by atoms with van der Waals surface area (Å²) in [6.07, 6.45) is 3.09. The third-order valence-corrected chi connectivity index (χ3v) is 6.46. The smallest absolute Gasteiger partial charge is 0.266 e. The molecule has 0 radical (unpaired) electrons. The van der Waals surface area contributed by atoms with Crippen LogP contribution in [0, 0.1) is 11.6 Å². The molecule has 13 heteroatoms. The number of hydrogen-bond acceptors (Lipinski definition) is 6. The summed E-state index contributed by atoms with van der Waals surface area (Å²) in [5.74, 6) is -6.91. The fraction of sp³-hybridized carbons (Fsp3) is 0.316. The number of halogens is 4. The zero-order valence-corrected chi connectivity index (χ0v) is 17.1. The molecule has 1 aliphatic carbocycles. The quantitative estimate of drug-likeness (QED) is 0.532. The van der Waals surface area contributed by atoms with E-state index in [-0.39, 0.29) is 18.7 Å². The second-order valence-electron chi connectivity index (χ2n) is 7.31. The van der Waals surface area contributed by atoms with Gasteiger partial charge in [0.1, 0.15) is 29.0 Å². The number of rotatable bonds is 6. The van der Waals surface area contributed by atoms with E-state index < -0.39 is 56.7 Å². The van der Waals surface area contributed by atoms with Gasteiger partial charge >= 0.3 is 0 Å². The van der Waals surface area contributed by atoms with Gasteiger partial charge in [0.2, 0.25) is 0 Å². The van der Waals surface area contributed by atoms with Gasteiger partial charge in [-0.1, -0.05) is 0 Å². The predicted molar refractivity (Wildman–Crippen MR) is 104 cm³/mol. The lowest BCUT2D eigenvalue weighted by Gasteiger charge is -2.35. The lowest BCUT2D eigenvalue weighted by atomic mass is 9.81. The van der Waals surface area contributed by atoms with Crippen molar-refractivity contribution in [3.05, 3.63) is 60.3 Å². The minimum atomic E-state index is -4.52. The van der Waals surface area contributed by atoms with E-state index in [1.54, 1.807) is 0 Å². The molecule has 2 atom stereocenters. The van der Waals surface area contributed by atoms with Gasteiger partial charge in [0.25, 0.3) is 15.9 Å². The number of benzene rings is 1. The molecular weight excluding hydrogens is 454 g/mol. The van der Waals surface area contributed by atoms with Crippen molar-refractivity contribution in [3.8, 4) is 5.75 Å². The Balaban J connectivity index is 1.61. The number of aromatic amines is 1. The average Bonchev–Trinajstić information content (AvgIpc) is 3.25. The van der Waals surface area contributed by atoms with E-state index in [4.69, 9.17) is 4.74 Å². The van der Waals surface area contributed by atoms with Gasteiger partial charge < -0.3 is 4.74 Å². The fourth-order valence-electron chi connectivity index (χ4n) is 3.57. The normalized spacial score (nSPS) is 20.6. The lowest BCUT2D eigenvalue weighted by Crippen LogP contribution is -2.38. The molecular formula is C19H17F4N5O3S. The molecule has 0 amide bonds. The number of nitrogens with zero attached hydrogens (tertiary/aromatic N) is 3. The summed E-state index contributed by atoms with van der Waals surface area (Å²) < 4.78 is 89.7. The van der Waals surface area contributed by atoms with Crippen LogP contribution in [0.3, 0.4) is 0 Å². The van der Waals surface area contributed by atoms with E-state index in [0.717, 1.165) is 6.33 Å². The topological polar surface area (TPSA) is 110 Å². The molecule has 8 nitrogen and oxygen atoms in total. The highest BCUT2D eigenvalue weighted by atomic mass is 32.2. The zero-order chi connectivity index (χ0) is 22.9. The first-order chi connectivity index (χ1) is 15.1. The molecule has 0 bridgehead atoms. The molecule has 0 spiro atoms. The van der Waals surface area contributed by atoms with Crippen molar-refractivity contribution in [1.29, 1.82) is 0 Å². The van der Waals surface area contributed by atoms with Crippen LogP contribution in [0.4, 0.5) is 23.4 Å². The Morgan fingerprint density at radius 3 is 2.72 bits per heavy atom. The Morgan fingerprint density at radius 2 is 2.03 bits per heavy atom. The first kappa shape index (κ1) is 22.0. The zero-order valence-electron chi connectivity index (χ0n) is 16.3. The molecule has 1 fully saturated rings. The van der Waals surface area contributed by atoms with Crippen molar-refractivity contribution in [2.24, 2.45) is 0 Å². The van der Waals surface area contributed by atoms with Crippen molar-refractivity contribution in [3.63, 3.8) is 0 Å². The maximum atomic E-state index is 14.7. The summed E-state index contributed by atoms with van der Waals surface area (Å²) in [6, 6.07) is 2.19. The largest absolute Gasteiger partial charge is 0.486 e. The van der Waals surface area contributed by atoms with Gasteiger partial charge in [-0.2, -0.15) is 5.10 Å². The molecule has 3 aromatic rings. The van der Waals surface area contributed by atoms with Gasteiger partial charge in [-0.05, 0) is 18.1 Å². The summed E-state index contributed by atoms with van der Waals surface area (Å²) in [7, 11) is -4.52. The van der Waals surface area contributed by atoms with E-state index in [9.17, 15) is 26.0 Å². The van der Waals surface area contributed by atoms with E-state index in [2.05, 4.69) is 20.2 Å². The Morgan fingerprint density at radius 1 is 1.22 bits per heavy atom. The second kappa shape index (κ2) is 8.37. The van der Waals surface area contributed by atoms with Crippen LogP contribution in [0.1, 0.15) is 30.7 Å². The minimum absolute atomic E-state index is 0.0522. The van der Waals surface area contributed by atoms with Crippen LogP contribution in [0.2, 0.25) is 0 Å². The maximum Gasteiger partial charge on any atom is 0.266 e. The number of H-pyrrole nitrogens is 1. The van der Waals surface area contributed by atoms with Crippen LogP contribution < -0.4 is 9.46 Å². The molecule has 32 heavy (non-hydrogen) atoms. The number of ether oxygens (including phenoxy) is 1. The molecule has 0 saturated heterocycles. The minimum Gasteiger partial charge on any atom is -0.486 e. The highest BCUT2D eigenvalue weighted by Crippen LogP contribution is 2.43. The van der Waals surface area contributed by atoms with Crippen LogP contribution in [0.15, 0.2) is 48.0 Å². The molecule has 4 rings (SSSR count). The second-order valence-corrected chi connectivity index (χ2v) is 8.96. The van der Waals surface area contributed by atoms with Crippen LogP contribution in [0.5, 0.6) is 5.75 Å². The molecule has 2 aromatic heterocycles. The number of nitrogens with one attached hydrogen (secondary N) is 2. The van der Waals surface area contributed by atoms with Crippen molar-refractivity contribution >= 4 is 15.8 Å². The van der Waals surface area contributed by atoms with Gasteiger partial charge in [0.05, 0.1) is 6.20 Å². The van der Waals surface area contributed by atoms with E-state index in [1.165, 1.54) is 24.7 Å². The first-order valence-electron chi connectivity index (χ1n) is 9.46. The predicted octanol–water partition coefficient (Wildman–Crippen LogP) is 3.63. The average molecular weight is 471 g/mol. The molecule has 1 aromatic carbocycles. The molecule has 170 valence electrons. The number of alkyl halides is 2. The summed E-state index contributed by atoms with van der Waals surface area (Å²) in [4.78, 5) is 6.30. The van der Waals surface area contributed by atoms with Crippen LogP contribution in [-0.2, 0) is 10.0 Å². The Labute approximate surface area is 180 Å². The van der Waals surface area contributed by atoms with Crippen molar-refractivity contribution in [2.75, 3.05) is 4.72 Å². The Hall–Kier alpha value is -3.22. The summed E-state index contributed by atoms with van der Waals surface area (Å²) in [5, 5.41) is 6.38. The first-order valence-corrected chi connectivity index (χ1v) is 10.9. The summed E-state index contributed by atoms with van der Waals surface area (Å²) in [5.41, 5.74) is 0.597. The SMILES string of the molecule is O=S(=O)(Nc1ccncn1)c1cc(F)c(OC2CC(F)(F)CCC2c2cn[nH]c2)cc1F. The van der Waals surface area contributed by atoms with Gasteiger partial charge in [-0.15, -0.1) is 0 Å². The van der Waals surface area contributed by atoms with Crippen LogP contribution in [0.25, 0.3) is 0 Å². The van der Waals surface area contributed by atoms with Gasteiger partial charge in [-0.25, -0.2) is 35.9 Å². The van der Waals surface area contributed by atoms with Crippen molar-refractivity contribution in [1.82, 2.24) is 20.2 Å². The Kier molecular flexibility index (Phi) is 5.75. The van der Waals surface area contributed by atoms with Gasteiger partial charge in [0, 0.05) is 43.3 Å². The van der Waals surface area contributed by atoms with Crippen LogP contribution >= 0.6 is 0 Å². The molecule has 2 unspecified atom stereocenters. The summed E-state index contributed by atoms with van der Waals surface area (Å²) >= 11 is 0. The molecule has 1 aliphatic rings.